The van der Waals surface area contributed by atoms with Crippen LogP contribution in [0.25, 0.3) is 0 Å². The summed E-state index contributed by atoms with van der Waals surface area (Å²) in [5.74, 6) is 1.08. The molecular weight excluding hydrogens is 688 g/mol. The van der Waals surface area contributed by atoms with Crippen LogP contribution in [-0.4, -0.2) is 51.4 Å². The largest absolute Gasteiger partial charge is 0.497 e. The second kappa shape index (κ2) is 12.5. The summed E-state index contributed by atoms with van der Waals surface area (Å²) in [4.78, 5) is 31.3. The van der Waals surface area contributed by atoms with Gasteiger partial charge in [-0.05, 0) is 72.1 Å². The highest BCUT2D eigenvalue weighted by molar-refractivity contribution is 9.10. The Balaban J connectivity index is 1.23. The lowest BCUT2D eigenvalue weighted by Crippen LogP contribution is -2.51. The van der Waals surface area contributed by atoms with Gasteiger partial charge in [0.15, 0.2) is 12.2 Å². The van der Waals surface area contributed by atoms with Crippen molar-refractivity contribution in [3.63, 3.8) is 0 Å². The Morgan fingerprint density at radius 3 is 2.42 bits per heavy atom. The van der Waals surface area contributed by atoms with Gasteiger partial charge >= 0.3 is 0 Å². The predicted octanol–water partition coefficient (Wildman–Crippen LogP) is 6.66. The van der Waals surface area contributed by atoms with Crippen LogP contribution in [0.15, 0.2) is 95.5 Å². The summed E-state index contributed by atoms with van der Waals surface area (Å²) in [6.45, 7) is 7.11. The van der Waals surface area contributed by atoms with Crippen molar-refractivity contribution in [3.8, 4) is 11.5 Å². The Morgan fingerprint density at radius 2 is 1.71 bits per heavy atom. The Morgan fingerprint density at radius 1 is 0.979 bits per heavy atom. The summed E-state index contributed by atoms with van der Waals surface area (Å²) < 4.78 is 18.9. The SMILES string of the molecule is COc1ccc([Si](C)(C)[C@@H]2[C@@H](CCO)O[C@]3(C(=O)N(Cc4ccc(N5C(=O)COc6ccccc65)cc4)c4ccc(Br)cc43)[C@H]2C)cc1. The number of carbonyl (C=O) groups excluding carboxylic acids is 2. The van der Waals surface area contributed by atoms with E-state index < -0.39 is 13.7 Å². The number of para-hydroxylation sites is 2. The molecule has 0 radical (unpaired) electrons. The number of fused-ring (bicyclic) bond motifs is 3. The number of benzene rings is 4. The molecule has 1 fully saturated rings. The number of hydrogen-bond donors (Lipinski definition) is 1. The van der Waals surface area contributed by atoms with Crippen LogP contribution in [0.3, 0.4) is 0 Å². The average molecular weight is 728 g/mol. The normalized spacial score (nSPS) is 23.3. The minimum atomic E-state index is -2.27. The monoisotopic (exact) mass is 726 g/mol. The maximum Gasteiger partial charge on any atom is 0.269 e. The van der Waals surface area contributed by atoms with Gasteiger partial charge in [0.2, 0.25) is 0 Å². The molecule has 248 valence electrons. The highest BCUT2D eigenvalue weighted by Gasteiger charge is 2.66. The number of methoxy groups -OCH3 is 1. The Hall–Kier alpha value is -3.96. The molecule has 0 aromatic heterocycles. The molecule has 48 heavy (non-hydrogen) atoms. The molecule has 3 aliphatic rings. The van der Waals surface area contributed by atoms with E-state index in [4.69, 9.17) is 14.2 Å². The Kier molecular flexibility index (Phi) is 8.48. The number of carbonyl (C=O) groups is 2. The van der Waals surface area contributed by atoms with Crippen LogP contribution in [-0.2, 0) is 26.5 Å². The number of nitrogens with zero attached hydrogens (tertiary/aromatic N) is 2. The fourth-order valence-corrected chi connectivity index (χ4v) is 12.6. The second-order valence-electron chi connectivity index (χ2n) is 13.4. The molecule has 4 aromatic carbocycles. The molecule has 1 spiro atoms. The first-order valence-electron chi connectivity index (χ1n) is 16.3. The summed E-state index contributed by atoms with van der Waals surface area (Å²) in [6, 6.07) is 29.5. The molecule has 7 rings (SSSR count). The van der Waals surface area contributed by atoms with Gasteiger partial charge in [-0.15, -0.1) is 0 Å². The van der Waals surface area contributed by atoms with Crippen LogP contribution in [0, 0.1) is 5.92 Å². The van der Waals surface area contributed by atoms with Crippen molar-refractivity contribution in [2.24, 2.45) is 5.92 Å². The van der Waals surface area contributed by atoms with Crippen molar-refractivity contribution < 1.29 is 28.9 Å². The molecule has 4 atom stereocenters. The van der Waals surface area contributed by atoms with Crippen molar-refractivity contribution in [3.05, 3.63) is 107 Å². The van der Waals surface area contributed by atoms with Crippen molar-refractivity contribution in [2.45, 2.75) is 50.2 Å². The Bertz CT molecular complexity index is 1870. The molecule has 0 bridgehead atoms. The third-order valence-electron chi connectivity index (χ3n) is 10.5. The third kappa shape index (κ3) is 5.17. The van der Waals surface area contributed by atoms with Gasteiger partial charge in [0, 0.05) is 28.2 Å². The lowest BCUT2D eigenvalue weighted by molar-refractivity contribution is -0.146. The van der Waals surface area contributed by atoms with E-state index in [-0.39, 0.29) is 42.6 Å². The third-order valence-corrected chi connectivity index (χ3v) is 15.3. The van der Waals surface area contributed by atoms with Crippen LogP contribution in [0.1, 0.15) is 24.5 Å². The van der Waals surface area contributed by atoms with Crippen LogP contribution in [0.5, 0.6) is 11.5 Å². The number of rotatable bonds is 8. The lowest BCUT2D eigenvalue weighted by Gasteiger charge is -2.37. The molecule has 0 unspecified atom stereocenters. The predicted molar refractivity (Wildman–Crippen MR) is 192 cm³/mol. The van der Waals surface area contributed by atoms with E-state index >= 15 is 0 Å². The summed E-state index contributed by atoms with van der Waals surface area (Å²) in [5.41, 5.74) is 2.91. The van der Waals surface area contributed by atoms with Gasteiger partial charge in [-0.2, -0.15) is 0 Å². The summed E-state index contributed by atoms with van der Waals surface area (Å²) in [5, 5.41) is 11.4. The molecule has 0 aliphatic carbocycles. The maximum absolute atomic E-state index is 14.9. The molecule has 1 saturated heterocycles. The molecule has 2 amide bonds. The second-order valence-corrected chi connectivity index (χ2v) is 19.0. The molecule has 0 saturated carbocycles. The molecule has 1 N–H and O–H groups in total. The van der Waals surface area contributed by atoms with E-state index in [1.807, 2.05) is 83.8 Å². The first kappa shape index (κ1) is 32.6. The molecule has 3 aliphatic heterocycles. The van der Waals surface area contributed by atoms with Gasteiger partial charge in [-0.25, -0.2) is 0 Å². The van der Waals surface area contributed by atoms with Crippen LogP contribution >= 0.6 is 15.9 Å². The van der Waals surface area contributed by atoms with Gasteiger partial charge < -0.3 is 24.2 Å². The van der Waals surface area contributed by atoms with Gasteiger partial charge in [-0.3, -0.25) is 14.5 Å². The minimum absolute atomic E-state index is 0.0238. The smallest absolute Gasteiger partial charge is 0.269 e. The topological polar surface area (TPSA) is 88.5 Å². The highest BCUT2D eigenvalue weighted by Crippen LogP contribution is 2.60. The highest BCUT2D eigenvalue weighted by atomic mass is 79.9. The van der Waals surface area contributed by atoms with Crippen LogP contribution < -0.4 is 24.5 Å². The number of halogens is 1. The quantitative estimate of drug-likeness (QED) is 0.205. The first-order valence-corrected chi connectivity index (χ1v) is 20.2. The van der Waals surface area contributed by atoms with Crippen molar-refractivity contribution in [2.75, 3.05) is 30.1 Å². The average Bonchev–Trinajstić information content (AvgIpc) is 3.51. The summed E-state index contributed by atoms with van der Waals surface area (Å²) in [6.07, 6.45) is 0.155. The first-order chi connectivity index (χ1) is 23.1. The summed E-state index contributed by atoms with van der Waals surface area (Å²) in [7, 11) is -0.605. The fourth-order valence-electron chi connectivity index (χ4n) is 8.16. The maximum atomic E-state index is 14.9. The van der Waals surface area contributed by atoms with Crippen molar-refractivity contribution >= 4 is 58.1 Å². The molecule has 8 nitrogen and oxygen atoms in total. The van der Waals surface area contributed by atoms with Gasteiger partial charge in [0.1, 0.15) is 11.5 Å². The molecule has 4 aromatic rings. The number of aliphatic hydroxyl groups is 1. The van der Waals surface area contributed by atoms with Crippen LogP contribution in [0.2, 0.25) is 18.6 Å². The van der Waals surface area contributed by atoms with Crippen molar-refractivity contribution in [1.82, 2.24) is 0 Å². The van der Waals surface area contributed by atoms with E-state index in [1.165, 1.54) is 5.19 Å². The molecule has 10 heteroatoms. The zero-order valence-corrected chi connectivity index (χ0v) is 30.1. The number of ether oxygens (including phenoxy) is 3. The number of hydrogen-bond acceptors (Lipinski definition) is 6. The molecule has 3 heterocycles. The van der Waals surface area contributed by atoms with E-state index in [2.05, 4.69) is 48.1 Å². The van der Waals surface area contributed by atoms with Crippen molar-refractivity contribution in [1.29, 1.82) is 0 Å². The lowest BCUT2D eigenvalue weighted by atomic mass is 9.82. The zero-order valence-electron chi connectivity index (χ0n) is 27.5. The number of aliphatic hydroxyl groups excluding tert-OH is 1. The minimum Gasteiger partial charge on any atom is -0.497 e. The van der Waals surface area contributed by atoms with E-state index in [0.29, 0.717) is 24.4 Å². The van der Waals surface area contributed by atoms with Gasteiger partial charge in [0.05, 0.1) is 39.2 Å². The van der Waals surface area contributed by atoms with Crippen LogP contribution in [0.4, 0.5) is 17.1 Å². The Labute approximate surface area is 290 Å². The standard InChI is InChI=1S/C38H39BrN2O6Si/c1-24-36(48(3,4)29-16-14-28(45-2)15-17-29)34(19-20-42)47-38(24)30-21-26(39)11-18-31(30)40(37(38)44)22-25-9-12-27(13-10-25)41-32-7-5-6-8-33(32)46-23-35(41)43/h5-18,21,24,34,36,42H,19-20,22-23H2,1-4H3/t24-,34+,36-,38+/m0/s1. The van der Waals surface area contributed by atoms with E-state index in [1.54, 1.807) is 12.0 Å². The van der Waals surface area contributed by atoms with Gasteiger partial charge in [-0.1, -0.05) is 77.5 Å². The van der Waals surface area contributed by atoms with Gasteiger partial charge in [0.25, 0.3) is 11.8 Å². The number of amides is 2. The number of anilines is 3. The zero-order chi connectivity index (χ0) is 33.8. The fraction of sp³-hybridized carbons (Fsp3) is 0.316. The summed E-state index contributed by atoms with van der Waals surface area (Å²) >= 11 is 3.67. The van der Waals surface area contributed by atoms with E-state index in [9.17, 15) is 14.7 Å². The molecular formula is C38H39BrN2O6Si. The van der Waals surface area contributed by atoms with E-state index in [0.717, 1.165) is 32.7 Å².